The average Bonchev–Trinajstić information content (AvgIpc) is 3.11. The maximum absolute atomic E-state index is 12.5. The van der Waals surface area contributed by atoms with Gasteiger partial charge in [0.25, 0.3) is 5.91 Å². The summed E-state index contributed by atoms with van der Waals surface area (Å²) < 4.78 is 1.83. The molecule has 3 aromatic rings. The van der Waals surface area contributed by atoms with Gasteiger partial charge in [-0.3, -0.25) is 9.78 Å². The van der Waals surface area contributed by atoms with E-state index in [0.29, 0.717) is 5.56 Å². The van der Waals surface area contributed by atoms with E-state index in [1.54, 1.807) is 12.4 Å². The minimum Gasteiger partial charge on any atom is -0.342 e. The lowest BCUT2D eigenvalue weighted by molar-refractivity contribution is 0.0937. The molecule has 6 nitrogen and oxygen atoms in total. The number of rotatable bonds is 6. The molecular weight excluding hydrogens is 314 g/mol. The normalized spacial score (nSPS) is 11.9. The van der Waals surface area contributed by atoms with Crippen molar-refractivity contribution in [1.29, 1.82) is 0 Å². The topological polar surface area (TPSA) is 72.7 Å². The zero-order valence-corrected chi connectivity index (χ0v) is 14.4. The summed E-state index contributed by atoms with van der Waals surface area (Å²) in [6.07, 6.45) is 6.00. The number of hydrogen-bond donors (Lipinski definition) is 1. The predicted molar refractivity (Wildman–Crippen MR) is 95.9 cm³/mol. The number of aryl methyl sites for hydroxylation is 1. The Balaban J connectivity index is 1.70. The number of pyridine rings is 1. The molecule has 0 aliphatic carbocycles. The van der Waals surface area contributed by atoms with E-state index in [-0.39, 0.29) is 11.9 Å². The van der Waals surface area contributed by atoms with Crippen molar-refractivity contribution in [2.75, 3.05) is 0 Å². The zero-order valence-electron chi connectivity index (χ0n) is 14.4. The highest BCUT2D eigenvalue weighted by Gasteiger charge is 2.16. The highest BCUT2D eigenvalue weighted by Crippen LogP contribution is 2.19. The van der Waals surface area contributed by atoms with Crippen molar-refractivity contribution in [2.45, 2.75) is 32.9 Å². The van der Waals surface area contributed by atoms with E-state index in [4.69, 9.17) is 0 Å². The highest BCUT2D eigenvalue weighted by molar-refractivity contribution is 5.94. The zero-order chi connectivity index (χ0) is 17.6. The van der Waals surface area contributed by atoms with Crippen molar-refractivity contribution in [3.8, 4) is 11.1 Å². The van der Waals surface area contributed by atoms with Crippen molar-refractivity contribution in [2.24, 2.45) is 0 Å². The minimum absolute atomic E-state index is 0.125. The van der Waals surface area contributed by atoms with Gasteiger partial charge >= 0.3 is 0 Å². The van der Waals surface area contributed by atoms with Gasteiger partial charge in [-0.25, -0.2) is 9.67 Å². The van der Waals surface area contributed by atoms with Crippen LogP contribution in [0.3, 0.4) is 0 Å². The first-order valence-electron chi connectivity index (χ1n) is 8.38. The number of benzene rings is 1. The van der Waals surface area contributed by atoms with Gasteiger partial charge in [0.05, 0.1) is 6.04 Å². The van der Waals surface area contributed by atoms with Crippen LogP contribution in [-0.2, 0) is 6.54 Å². The summed E-state index contributed by atoms with van der Waals surface area (Å²) in [5.41, 5.74) is 2.74. The SMILES string of the molecule is CCCn1ncnc1[C@H](C)NC(=O)c1ccc(-c2ccncc2)cc1. The van der Waals surface area contributed by atoms with Gasteiger partial charge in [0, 0.05) is 24.5 Å². The average molecular weight is 335 g/mol. The molecule has 1 N–H and O–H groups in total. The Morgan fingerprint density at radius 1 is 1.12 bits per heavy atom. The summed E-state index contributed by atoms with van der Waals surface area (Å²) in [7, 11) is 0. The van der Waals surface area contributed by atoms with Crippen LogP contribution in [0.1, 0.15) is 42.5 Å². The van der Waals surface area contributed by atoms with Crippen LogP contribution in [-0.4, -0.2) is 25.7 Å². The largest absolute Gasteiger partial charge is 0.342 e. The molecule has 0 spiro atoms. The molecular formula is C19H21N5O. The first-order valence-corrected chi connectivity index (χ1v) is 8.38. The Hall–Kier alpha value is -3.02. The molecule has 128 valence electrons. The number of carbonyl (C=O) groups is 1. The van der Waals surface area contributed by atoms with E-state index in [9.17, 15) is 4.79 Å². The van der Waals surface area contributed by atoms with Crippen molar-refractivity contribution in [3.63, 3.8) is 0 Å². The molecule has 1 aromatic carbocycles. The van der Waals surface area contributed by atoms with Crippen LogP contribution >= 0.6 is 0 Å². The number of amides is 1. The van der Waals surface area contributed by atoms with Gasteiger partial charge in [0.2, 0.25) is 0 Å². The smallest absolute Gasteiger partial charge is 0.251 e. The van der Waals surface area contributed by atoms with Crippen molar-refractivity contribution >= 4 is 5.91 Å². The maximum atomic E-state index is 12.5. The summed E-state index contributed by atoms with van der Waals surface area (Å²) in [5.74, 6) is 0.642. The first-order chi connectivity index (χ1) is 12.2. The van der Waals surface area contributed by atoms with Crippen LogP contribution in [0.5, 0.6) is 0 Å². The van der Waals surface area contributed by atoms with Crippen LogP contribution in [0.15, 0.2) is 55.1 Å². The molecule has 0 saturated heterocycles. The summed E-state index contributed by atoms with van der Waals surface area (Å²) in [5, 5.41) is 7.19. The number of aromatic nitrogens is 4. The second-order valence-electron chi connectivity index (χ2n) is 5.85. The third kappa shape index (κ3) is 3.91. The molecule has 0 unspecified atom stereocenters. The molecule has 1 amide bonds. The second kappa shape index (κ2) is 7.70. The Labute approximate surface area is 146 Å². The fraction of sp³-hybridized carbons (Fsp3) is 0.263. The lowest BCUT2D eigenvalue weighted by Crippen LogP contribution is -2.29. The number of nitrogens with one attached hydrogen (secondary N) is 1. The molecule has 1 atom stereocenters. The van der Waals surface area contributed by atoms with E-state index >= 15 is 0 Å². The molecule has 2 aromatic heterocycles. The minimum atomic E-state index is -0.207. The van der Waals surface area contributed by atoms with E-state index in [2.05, 4.69) is 27.3 Å². The lowest BCUT2D eigenvalue weighted by atomic mass is 10.0. The maximum Gasteiger partial charge on any atom is 0.251 e. The van der Waals surface area contributed by atoms with Gasteiger partial charge in [-0.2, -0.15) is 5.10 Å². The van der Waals surface area contributed by atoms with Crippen molar-refractivity contribution < 1.29 is 4.79 Å². The van der Waals surface area contributed by atoms with Gasteiger partial charge in [-0.15, -0.1) is 0 Å². The van der Waals surface area contributed by atoms with Gasteiger partial charge in [-0.05, 0) is 48.7 Å². The van der Waals surface area contributed by atoms with Crippen LogP contribution < -0.4 is 5.32 Å². The van der Waals surface area contributed by atoms with Gasteiger partial charge in [0.1, 0.15) is 12.2 Å². The molecule has 0 saturated carbocycles. The Morgan fingerprint density at radius 2 is 1.80 bits per heavy atom. The number of hydrogen-bond acceptors (Lipinski definition) is 4. The molecule has 25 heavy (non-hydrogen) atoms. The fourth-order valence-electron chi connectivity index (χ4n) is 2.70. The molecule has 0 radical (unpaired) electrons. The monoisotopic (exact) mass is 335 g/mol. The van der Waals surface area contributed by atoms with Crippen molar-refractivity contribution in [1.82, 2.24) is 25.1 Å². The standard InChI is InChI=1S/C19H21N5O/c1-3-12-24-18(21-13-22-24)14(2)23-19(25)17-6-4-15(5-7-17)16-8-10-20-11-9-16/h4-11,13-14H,3,12H2,1-2H3,(H,23,25)/t14-/m0/s1. The molecule has 2 heterocycles. The van der Waals surface area contributed by atoms with Crippen LogP contribution in [0.4, 0.5) is 0 Å². The molecule has 0 aliphatic rings. The Morgan fingerprint density at radius 3 is 2.48 bits per heavy atom. The summed E-state index contributed by atoms with van der Waals surface area (Å²) in [6.45, 7) is 4.79. The summed E-state index contributed by atoms with van der Waals surface area (Å²) >= 11 is 0. The molecule has 3 rings (SSSR count). The first kappa shape index (κ1) is 16.8. The van der Waals surface area contributed by atoms with Gasteiger partial charge < -0.3 is 5.32 Å². The Kier molecular flexibility index (Phi) is 5.18. The van der Waals surface area contributed by atoms with Crippen molar-refractivity contribution in [3.05, 3.63) is 66.5 Å². The third-order valence-electron chi connectivity index (χ3n) is 3.98. The van der Waals surface area contributed by atoms with E-state index in [0.717, 1.165) is 29.9 Å². The van der Waals surface area contributed by atoms with Gasteiger partial charge in [0.15, 0.2) is 0 Å². The third-order valence-corrected chi connectivity index (χ3v) is 3.98. The van der Waals surface area contributed by atoms with Gasteiger partial charge in [-0.1, -0.05) is 19.1 Å². The van der Waals surface area contributed by atoms with E-state index < -0.39 is 0 Å². The Bertz CT molecular complexity index is 827. The molecule has 0 fully saturated rings. The predicted octanol–water partition coefficient (Wildman–Crippen LogP) is 3.24. The van der Waals surface area contributed by atoms with Crippen LogP contribution in [0, 0.1) is 0 Å². The number of carbonyl (C=O) groups excluding carboxylic acids is 1. The number of nitrogens with zero attached hydrogens (tertiary/aromatic N) is 4. The van der Waals surface area contributed by atoms with E-state index in [1.165, 1.54) is 6.33 Å². The highest BCUT2D eigenvalue weighted by atomic mass is 16.1. The molecule has 0 aliphatic heterocycles. The fourth-order valence-corrected chi connectivity index (χ4v) is 2.70. The molecule has 0 bridgehead atoms. The summed E-state index contributed by atoms with van der Waals surface area (Å²) in [6, 6.07) is 11.2. The lowest BCUT2D eigenvalue weighted by Gasteiger charge is -2.14. The van der Waals surface area contributed by atoms with E-state index in [1.807, 2.05) is 48.0 Å². The summed E-state index contributed by atoms with van der Waals surface area (Å²) in [4.78, 5) is 20.8. The quantitative estimate of drug-likeness (QED) is 0.750. The molecule has 6 heteroatoms. The van der Waals surface area contributed by atoms with Crippen LogP contribution in [0.2, 0.25) is 0 Å². The van der Waals surface area contributed by atoms with Crippen LogP contribution in [0.25, 0.3) is 11.1 Å². The second-order valence-corrected chi connectivity index (χ2v) is 5.85.